The number of rotatable bonds is 13. The molecule has 0 aliphatic carbocycles. The van der Waals surface area contributed by atoms with Crippen molar-refractivity contribution in [1.82, 2.24) is 15.4 Å². The molecular weight excluding hydrogens is 576 g/mol. The van der Waals surface area contributed by atoms with Crippen molar-refractivity contribution in [3.63, 3.8) is 0 Å². The molecule has 232 valence electrons. The minimum absolute atomic E-state index is 0.0803. The second-order valence-corrected chi connectivity index (χ2v) is 12.9. The molecule has 0 spiro atoms. The highest BCUT2D eigenvalue weighted by Gasteiger charge is 2.30. The molecule has 4 rings (SSSR count). The predicted molar refractivity (Wildman–Crippen MR) is 171 cm³/mol. The Morgan fingerprint density at radius 2 is 1.57 bits per heavy atom. The average Bonchev–Trinajstić information content (AvgIpc) is 3.33. The van der Waals surface area contributed by atoms with Gasteiger partial charge in [-0.3, -0.25) is 9.59 Å². The van der Waals surface area contributed by atoms with E-state index in [1.165, 1.54) is 6.07 Å². The molecule has 2 amide bonds. The van der Waals surface area contributed by atoms with Crippen LogP contribution in [0.1, 0.15) is 49.1 Å². The van der Waals surface area contributed by atoms with Gasteiger partial charge in [-0.05, 0) is 55.4 Å². The molecule has 4 aromatic rings. The number of amides is 2. The Hall–Kier alpha value is -4.44. The Labute approximate surface area is 259 Å². The number of aromatic nitrogens is 1. The van der Waals surface area contributed by atoms with E-state index in [0.29, 0.717) is 35.2 Å². The van der Waals surface area contributed by atoms with Gasteiger partial charge in [0.25, 0.3) is 10.0 Å². The predicted octanol–water partition coefficient (Wildman–Crippen LogP) is 5.88. The van der Waals surface area contributed by atoms with Crippen molar-refractivity contribution in [1.29, 1.82) is 0 Å². The molecule has 1 heterocycles. The molecule has 0 bridgehead atoms. The standard InChI is InChI=1S/C34H40N4O5S/c1-23(2)21-30(33(40)35-5)38(32(39)20-17-26-11-7-6-8-12-26)22-27-15-18-28(19-16-27)29-13-9-10-14-31(29)44(41,42)37-34-24(3)25(4)36-43-34/h6-16,18-19,23,30,37H,17,20-22H2,1-5H3,(H,35,40)/t30-/m0/s1. The normalized spacial score (nSPS) is 12.1. The summed E-state index contributed by atoms with van der Waals surface area (Å²) in [5, 5.41) is 6.57. The van der Waals surface area contributed by atoms with Crippen molar-refractivity contribution in [2.24, 2.45) is 5.92 Å². The molecule has 1 aromatic heterocycles. The lowest BCUT2D eigenvalue weighted by Crippen LogP contribution is -2.49. The van der Waals surface area contributed by atoms with Crippen LogP contribution >= 0.6 is 0 Å². The fourth-order valence-electron chi connectivity index (χ4n) is 5.01. The number of carbonyl (C=O) groups excluding carboxylic acids is 2. The summed E-state index contributed by atoms with van der Waals surface area (Å²) in [4.78, 5) is 28.4. The quantitative estimate of drug-likeness (QED) is 0.194. The van der Waals surface area contributed by atoms with Crippen LogP contribution in [0, 0.1) is 19.8 Å². The minimum atomic E-state index is -3.99. The minimum Gasteiger partial charge on any atom is -0.357 e. The third kappa shape index (κ3) is 7.93. The molecule has 2 N–H and O–H groups in total. The molecule has 0 fully saturated rings. The lowest BCUT2D eigenvalue weighted by molar-refractivity contribution is -0.141. The zero-order chi connectivity index (χ0) is 31.9. The Balaban J connectivity index is 1.60. The summed E-state index contributed by atoms with van der Waals surface area (Å²) in [6.07, 6.45) is 1.37. The van der Waals surface area contributed by atoms with Crippen molar-refractivity contribution in [2.75, 3.05) is 11.8 Å². The molecule has 0 radical (unpaired) electrons. The Morgan fingerprint density at radius 3 is 2.18 bits per heavy atom. The molecule has 10 heteroatoms. The van der Waals surface area contributed by atoms with Crippen LogP contribution in [0.15, 0.2) is 88.3 Å². The number of nitrogens with zero attached hydrogens (tertiary/aromatic N) is 2. The van der Waals surface area contributed by atoms with Gasteiger partial charge in [0, 0.05) is 31.1 Å². The fourth-order valence-corrected chi connectivity index (χ4v) is 6.29. The van der Waals surface area contributed by atoms with E-state index in [2.05, 4.69) is 15.2 Å². The molecule has 0 unspecified atom stereocenters. The van der Waals surface area contributed by atoms with E-state index in [9.17, 15) is 18.0 Å². The van der Waals surface area contributed by atoms with Gasteiger partial charge in [0.05, 0.1) is 10.6 Å². The van der Waals surface area contributed by atoms with Crippen LogP contribution in [-0.2, 0) is 32.6 Å². The van der Waals surface area contributed by atoms with Gasteiger partial charge >= 0.3 is 0 Å². The number of anilines is 1. The first kappa shape index (κ1) is 32.5. The molecule has 1 atom stereocenters. The van der Waals surface area contributed by atoms with E-state index in [1.807, 2.05) is 68.4 Å². The maximum atomic E-state index is 13.6. The number of hydrogen-bond donors (Lipinski definition) is 2. The van der Waals surface area contributed by atoms with Crippen molar-refractivity contribution in [3.05, 3.63) is 101 Å². The van der Waals surface area contributed by atoms with E-state index < -0.39 is 16.1 Å². The lowest BCUT2D eigenvalue weighted by Gasteiger charge is -2.32. The maximum absolute atomic E-state index is 13.6. The van der Waals surface area contributed by atoms with Crippen LogP contribution in [0.25, 0.3) is 11.1 Å². The largest absolute Gasteiger partial charge is 0.357 e. The molecule has 0 aliphatic rings. The number of nitrogens with one attached hydrogen (secondary N) is 2. The number of aryl methyl sites for hydroxylation is 2. The van der Waals surface area contributed by atoms with Crippen molar-refractivity contribution in [3.8, 4) is 11.1 Å². The Morgan fingerprint density at radius 1 is 0.909 bits per heavy atom. The van der Waals surface area contributed by atoms with Crippen LogP contribution in [0.2, 0.25) is 0 Å². The molecule has 0 aliphatic heterocycles. The Bertz CT molecular complexity index is 1680. The summed E-state index contributed by atoms with van der Waals surface area (Å²) >= 11 is 0. The van der Waals surface area contributed by atoms with Crippen LogP contribution < -0.4 is 10.0 Å². The summed E-state index contributed by atoms with van der Waals surface area (Å²) in [6, 6.07) is 23.3. The molecular formula is C34H40N4O5S. The zero-order valence-corrected chi connectivity index (χ0v) is 26.6. The molecule has 44 heavy (non-hydrogen) atoms. The molecule has 9 nitrogen and oxygen atoms in total. The van der Waals surface area contributed by atoms with E-state index in [-0.39, 0.29) is 41.5 Å². The van der Waals surface area contributed by atoms with Crippen molar-refractivity contribution >= 4 is 27.7 Å². The summed E-state index contributed by atoms with van der Waals surface area (Å²) in [7, 11) is -2.40. The highest BCUT2D eigenvalue weighted by atomic mass is 32.2. The fraction of sp³-hybridized carbons (Fsp3) is 0.324. The highest BCUT2D eigenvalue weighted by Crippen LogP contribution is 2.30. The zero-order valence-electron chi connectivity index (χ0n) is 25.8. The molecule has 0 saturated heterocycles. The highest BCUT2D eigenvalue weighted by molar-refractivity contribution is 7.92. The summed E-state index contributed by atoms with van der Waals surface area (Å²) in [5.74, 6) is -0.0302. The second-order valence-electron chi connectivity index (χ2n) is 11.3. The van der Waals surface area contributed by atoms with Gasteiger partial charge < -0.3 is 14.7 Å². The first-order chi connectivity index (χ1) is 21.0. The third-order valence-corrected chi connectivity index (χ3v) is 8.98. The van der Waals surface area contributed by atoms with Gasteiger partial charge in [-0.1, -0.05) is 91.8 Å². The molecule has 3 aromatic carbocycles. The van der Waals surface area contributed by atoms with E-state index in [0.717, 1.165) is 11.1 Å². The smallest absolute Gasteiger partial charge is 0.264 e. The van der Waals surface area contributed by atoms with Crippen molar-refractivity contribution < 1.29 is 22.5 Å². The number of carbonyl (C=O) groups is 2. The first-order valence-corrected chi connectivity index (χ1v) is 16.2. The lowest BCUT2D eigenvalue weighted by atomic mass is 9.99. The van der Waals surface area contributed by atoms with Gasteiger partial charge in [0.15, 0.2) is 0 Å². The number of likely N-dealkylation sites (N-methyl/N-ethyl adjacent to an activating group) is 1. The number of hydrogen-bond acceptors (Lipinski definition) is 6. The first-order valence-electron chi connectivity index (χ1n) is 14.7. The van der Waals surface area contributed by atoms with Gasteiger partial charge in [0.1, 0.15) is 6.04 Å². The van der Waals surface area contributed by atoms with Gasteiger partial charge in [0.2, 0.25) is 17.7 Å². The summed E-state index contributed by atoms with van der Waals surface area (Å²) in [5.41, 5.74) is 4.30. The average molecular weight is 617 g/mol. The molecule has 0 saturated carbocycles. The van der Waals surface area contributed by atoms with Gasteiger partial charge in [-0.15, -0.1) is 0 Å². The van der Waals surface area contributed by atoms with Crippen LogP contribution in [0.5, 0.6) is 0 Å². The number of sulfonamides is 1. The van der Waals surface area contributed by atoms with Crippen molar-refractivity contribution in [2.45, 2.75) is 64.4 Å². The van der Waals surface area contributed by atoms with Gasteiger partial charge in [-0.25, -0.2) is 13.1 Å². The topological polar surface area (TPSA) is 122 Å². The number of benzene rings is 3. The summed E-state index contributed by atoms with van der Waals surface area (Å²) in [6.45, 7) is 7.78. The van der Waals surface area contributed by atoms with Gasteiger partial charge in [-0.2, -0.15) is 0 Å². The second kappa shape index (κ2) is 14.4. The maximum Gasteiger partial charge on any atom is 0.264 e. The third-order valence-electron chi connectivity index (χ3n) is 7.59. The van der Waals surface area contributed by atoms with Crippen LogP contribution in [-0.4, -0.2) is 43.4 Å². The van der Waals surface area contributed by atoms with E-state index in [4.69, 9.17) is 4.52 Å². The monoisotopic (exact) mass is 616 g/mol. The van der Waals surface area contributed by atoms with Crippen LogP contribution in [0.4, 0.5) is 5.88 Å². The van der Waals surface area contributed by atoms with Crippen LogP contribution in [0.3, 0.4) is 0 Å². The summed E-state index contributed by atoms with van der Waals surface area (Å²) < 4.78 is 34.5. The Kier molecular flexibility index (Phi) is 10.6. The SMILES string of the molecule is CNC(=O)[C@H](CC(C)C)N(Cc1ccc(-c2ccccc2S(=O)(=O)Nc2onc(C)c2C)cc1)C(=O)CCc1ccccc1. The van der Waals surface area contributed by atoms with E-state index in [1.54, 1.807) is 44.0 Å². The van der Waals surface area contributed by atoms with E-state index >= 15 is 0 Å².